The van der Waals surface area contributed by atoms with Crippen molar-refractivity contribution in [3.63, 3.8) is 0 Å². The molecule has 0 spiro atoms. The summed E-state index contributed by atoms with van der Waals surface area (Å²) in [6.45, 7) is 2.76. The lowest BCUT2D eigenvalue weighted by atomic mass is 10.0. The summed E-state index contributed by atoms with van der Waals surface area (Å²) in [5.74, 6) is 0.345. The van der Waals surface area contributed by atoms with Crippen LogP contribution in [-0.2, 0) is 4.79 Å². The Balaban J connectivity index is 2.20. The number of carbonyl (C=O) groups excluding carboxylic acids is 1. The van der Waals surface area contributed by atoms with Crippen LogP contribution in [0, 0.1) is 16.0 Å². The van der Waals surface area contributed by atoms with E-state index >= 15 is 0 Å². The van der Waals surface area contributed by atoms with E-state index in [1.54, 1.807) is 6.07 Å². The van der Waals surface area contributed by atoms with Crippen LogP contribution in [-0.4, -0.2) is 30.5 Å². The molecule has 1 fully saturated rings. The number of nitro groups is 1. The van der Waals surface area contributed by atoms with Crippen LogP contribution >= 0.6 is 0 Å². The van der Waals surface area contributed by atoms with E-state index in [0.29, 0.717) is 5.75 Å². The summed E-state index contributed by atoms with van der Waals surface area (Å²) < 4.78 is 4.95. The average molecular weight is 279 g/mol. The van der Waals surface area contributed by atoms with Gasteiger partial charge in [-0.2, -0.15) is 0 Å². The molecule has 0 bridgehead atoms. The lowest BCUT2D eigenvalue weighted by Gasteiger charge is -2.15. The number of nitrogens with zero attached hydrogens (tertiary/aromatic N) is 1. The summed E-state index contributed by atoms with van der Waals surface area (Å²) >= 11 is 0. The minimum atomic E-state index is -0.538. The fourth-order valence-corrected chi connectivity index (χ4v) is 2.29. The number of benzene rings is 1. The van der Waals surface area contributed by atoms with Gasteiger partial charge in [0.2, 0.25) is 5.91 Å². The highest BCUT2D eigenvalue weighted by Crippen LogP contribution is 2.29. The molecule has 1 aliphatic heterocycles. The molecule has 1 heterocycles. The van der Waals surface area contributed by atoms with E-state index in [-0.39, 0.29) is 29.2 Å². The van der Waals surface area contributed by atoms with Gasteiger partial charge in [-0.25, -0.2) is 0 Å². The van der Waals surface area contributed by atoms with E-state index in [0.717, 1.165) is 13.0 Å². The fourth-order valence-electron chi connectivity index (χ4n) is 2.29. The van der Waals surface area contributed by atoms with Crippen LogP contribution in [0.25, 0.3) is 0 Å². The maximum absolute atomic E-state index is 12.1. The van der Waals surface area contributed by atoms with Gasteiger partial charge in [0.15, 0.2) is 0 Å². The quantitative estimate of drug-likeness (QED) is 0.644. The molecule has 2 N–H and O–H groups in total. The maximum atomic E-state index is 12.1. The SMILES string of the molecule is COc1ccc(NC(=O)C2NCCC2C)c([N+](=O)[O-])c1. The number of amides is 1. The van der Waals surface area contributed by atoms with E-state index < -0.39 is 4.92 Å². The molecule has 1 saturated heterocycles. The molecule has 1 amide bonds. The number of anilines is 1. The maximum Gasteiger partial charge on any atom is 0.296 e. The van der Waals surface area contributed by atoms with Gasteiger partial charge in [0, 0.05) is 0 Å². The van der Waals surface area contributed by atoms with Crippen molar-refractivity contribution in [3.05, 3.63) is 28.3 Å². The van der Waals surface area contributed by atoms with Gasteiger partial charge in [0.1, 0.15) is 11.4 Å². The van der Waals surface area contributed by atoms with Gasteiger partial charge < -0.3 is 15.4 Å². The largest absolute Gasteiger partial charge is 0.496 e. The molecule has 1 aliphatic rings. The summed E-state index contributed by atoms with van der Waals surface area (Å²) in [5.41, 5.74) is 0.00468. The number of hydrogen-bond donors (Lipinski definition) is 2. The first-order valence-electron chi connectivity index (χ1n) is 6.39. The number of carbonyl (C=O) groups is 1. The predicted octanol–water partition coefficient (Wildman–Crippen LogP) is 1.54. The van der Waals surface area contributed by atoms with Crippen molar-refractivity contribution in [1.29, 1.82) is 0 Å². The first-order valence-corrected chi connectivity index (χ1v) is 6.39. The Kier molecular flexibility index (Phi) is 4.19. The molecular formula is C13H17N3O4. The molecule has 0 aromatic heterocycles. The monoisotopic (exact) mass is 279 g/mol. The molecule has 1 aromatic rings. The third-order valence-corrected chi connectivity index (χ3v) is 3.47. The van der Waals surface area contributed by atoms with Crippen LogP contribution < -0.4 is 15.4 Å². The van der Waals surface area contributed by atoms with Gasteiger partial charge in [0.25, 0.3) is 5.69 Å². The highest BCUT2D eigenvalue weighted by molar-refractivity contribution is 5.97. The second-order valence-corrected chi connectivity index (χ2v) is 4.83. The Bertz CT molecular complexity index is 532. The van der Waals surface area contributed by atoms with Crippen LogP contribution in [0.1, 0.15) is 13.3 Å². The third kappa shape index (κ3) is 2.88. The molecular weight excluding hydrogens is 262 g/mol. The molecule has 2 atom stereocenters. The number of hydrogen-bond acceptors (Lipinski definition) is 5. The smallest absolute Gasteiger partial charge is 0.296 e. The number of rotatable bonds is 4. The standard InChI is InChI=1S/C13H17N3O4/c1-8-5-6-14-12(8)13(17)15-10-4-3-9(20-2)7-11(10)16(18)19/h3-4,7-8,12,14H,5-6H2,1-2H3,(H,15,17). The van der Waals surface area contributed by atoms with E-state index in [9.17, 15) is 14.9 Å². The van der Waals surface area contributed by atoms with Gasteiger partial charge in [-0.05, 0) is 31.0 Å². The van der Waals surface area contributed by atoms with Crippen LogP contribution in [0.15, 0.2) is 18.2 Å². The molecule has 0 saturated carbocycles. The van der Waals surface area contributed by atoms with Crippen LogP contribution in [0.3, 0.4) is 0 Å². The first kappa shape index (κ1) is 14.3. The lowest BCUT2D eigenvalue weighted by molar-refractivity contribution is -0.384. The molecule has 2 rings (SSSR count). The van der Waals surface area contributed by atoms with Crippen molar-refractivity contribution in [1.82, 2.24) is 5.32 Å². The van der Waals surface area contributed by atoms with Gasteiger partial charge >= 0.3 is 0 Å². The molecule has 2 unspecified atom stereocenters. The van der Waals surface area contributed by atoms with Crippen molar-refractivity contribution >= 4 is 17.3 Å². The van der Waals surface area contributed by atoms with E-state index in [2.05, 4.69) is 10.6 Å². The fraction of sp³-hybridized carbons (Fsp3) is 0.462. The Hall–Kier alpha value is -2.15. The highest BCUT2D eigenvalue weighted by Gasteiger charge is 2.30. The van der Waals surface area contributed by atoms with Crippen molar-refractivity contribution in [2.75, 3.05) is 19.0 Å². The molecule has 20 heavy (non-hydrogen) atoms. The summed E-state index contributed by atoms with van der Waals surface area (Å²) in [6, 6.07) is 4.04. The van der Waals surface area contributed by atoms with Crippen LogP contribution in [0.4, 0.5) is 11.4 Å². The Morgan fingerprint density at radius 2 is 2.30 bits per heavy atom. The summed E-state index contributed by atoms with van der Waals surface area (Å²) in [5, 5.41) is 16.7. The second-order valence-electron chi connectivity index (χ2n) is 4.83. The van der Waals surface area contributed by atoms with E-state index in [4.69, 9.17) is 4.74 Å². The minimum absolute atomic E-state index is 0.177. The van der Waals surface area contributed by atoms with E-state index in [1.165, 1.54) is 19.2 Å². The molecule has 0 aliphatic carbocycles. The van der Waals surface area contributed by atoms with Crippen LogP contribution in [0.2, 0.25) is 0 Å². The second kappa shape index (κ2) is 5.87. The molecule has 1 aromatic carbocycles. The lowest BCUT2D eigenvalue weighted by Crippen LogP contribution is -2.39. The average Bonchev–Trinajstić information content (AvgIpc) is 2.85. The van der Waals surface area contributed by atoms with Gasteiger partial charge in [0.05, 0.1) is 24.1 Å². The minimum Gasteiger partial charge on any atom is -0.496 e. The molecule has 108 valence electrons. The summed E-state index contributed by atoms with van der Waals surface area (Å²) in [7, 11) is 1.43. The van der Waals surface area contributed by atoms with Gasteiger partial charge in [-0.1, -0.05) is 6.92 Å². The Labute approximate surface area is 116 Å². The van der Waals surface area contributed by atoms with Gasteiger partial charge in [-0.3, -0.25) is 14.9 Å². The normalized spacial score (nSPS) is 21.5. The number of nitro benzene ring substituents is 1. The summed E-state index contributed by atoms with van der Waals surface area (Å²) in [6.07, 6.45) is 0.919. The zero-order valence-electron chi connectivity index (χ0n) is 11.4. The summed E-state index contributed by atoms with van der Waals surface area (Å²) in [4.78, 5) is 22.6. The van der Waals surface area contributed by atoms with Gasteiger partial charge in [-0.15, -0.1) is 0 Å². The van der Waals surface area contributed by atoms with Crippen LogP contribution in [0.5, 0.6) is 5.75 Å². The third-order valence-electron chi connectivity index (χ3n) is 3.47. The number of ether oxygens (including phenoxy) is 1. The van der Waals surface area contributed by atoms with Crippen molar-refractivity contribution < 1.29 is 14.5 Å². The molecule has 0 radical (unpaired) electrons. The van der Waals surface area contributed by atoms with E-state index in [1.807, 2.05) is 6.92 Å². The zero-order chi connectivity index (χ0) is 14.7. The zero-order valence-corrected chi connectivity index (χ0v) is 11.4. The predicted molar refractivity (Wildman–Crippen MR) is 73.8 cm³/mol. The number of nitrogens with one attached hydrogen (secondary N) is 2. The highest BCUT2D eigenvalue weighted by atomic mass is 16.6. The molecule has 7 heteroatoms. The topological polar surface area (TPSA) is 93.5 Å². The Morgan fingerprint density at radius 1 is 1.55 bits per heavy atom. The first-order chi connectivity index (χ1) is 9.52. The van der Waals surface area contributed by atoms with Crippen molar-refractivity contribution in [3.8, 4) is 5.75 Å². The Morgan fingerprint density at radius 3 is 2.85 bits per heavy atom. The number of methoxy groups -OCH3 is 1. The van der Waals surface area contributed by atoms with Crippen molar-refractivity contribution in [2.45, 2.75) is 19.4 Å². The van der Waals surface area contributed by atoms with Crippen molar-refractivity contribution in [2.24, 2.45) is 5.92 Å². The molecule has 7 nitrogen and oxygen atoms in total.